The van der Waals surface area contributed by atoms with E-state index in [0.717, 1.165) is 6.07 Å². The van der Waals surface area contributed by atoms with E-state index in [4.69, 9.17) is 0 Å². The van der Waals surface area contributed by atoms with Crippen LogP contribution < -0.4 is 5.32 Å². The van der Waals surface area contributed by atoms with Gasteiger partial charge in [-0.1, -0.05) is 18.2 Å². The molecule has 9 heteroatoms. The number of nitrogens with one attached hydrogen (secondary N) is 1. The number of hydrogen-bond acceptors (Lipinski definition) is 4. The van der Waals surface area contributed by atoms with E-state index in [-0.39, 0.29) is 16.0 Å². The van der Waals surface area contributed by atoms with Crippen LogP contribution in [0.2, 0.25) is 0 Å². The largest absolute Gasteiger partial charge is 0.348 e. The summed E-state index contributed by atoms with van der Waals surface area (Å²) in [6.45, 7) is 0.728. The molecule has 1 unspecified atom stereocenters. The maximum Gasteiger partial charge on any atom is 0.269 e. The van der Waals surface area contributed by atoms with E-state index in [1.807, 2.05) is 0 Å². The summed E-state index contributed by atoms with van der Waals surface area (Å²) in [6.07, 6.45) is 0. The van der Waals surface area contributed by atoms with Gasteiger partial charge in [0.15, 0.2) is 0 Å². The van der Waals surface area contributed by atoms with Gasteiger partial charge >= 0.3 is 0 Å². The van der Waals surface area contributed by atoms with Crippen LogP contribution in [-0.2, 0) is 14.8 Å². The zero-order valence-corrected chi connectivity index (χ0v) is 14.4. The van der Waals surface area contributed by atoms with Crippen molar-refractivity contribution in [3.63, 3.8) is 0 Å². The molecule has 0 aliphatic carbocycles. The fourth-order valence-electron chi connectivity index (χ4n) is 2.74. The van der Waals surface area contributed by atoms with Crippen LogP contribution in [0.15, 0.2) is 47.4 Å². The van der Waals surface area contributed by atoms with Crippen LogP contribution in [0.1, 0.15) is 28.9 Å². The lowest BCUT2D eigenvalue weighted by Crippen LogP contribution is -2.41. The Morgan fingerprint density at radius 2 is 1.88 bits per heavy atom. The number of carbonyl (C=O) groups excluding carboxylic acids is 2. The number of benzene rings is 2. The Morgan fingerprint density at radius 3 is 2.54 bits per heavy atom. The summed E-state index contributed by atoms with van der Waals surface area (Å²) in [5, 5.41) is 2.41. The predicted molar refractivity (Wildman–Crippen MR) is 87.6 cm³/mol. The zero-order chi connectivity index (χ0) is 19.1. The normalized spacial score (nSPS) is 16.3. The molecule has 26 heavy (non-hydrogen) atoms. The van der Waals surface area contributed by atoms with Crippen molar-refractivity contribution in [2.45, 2.75) is 17.9 Å². The van der Waals surface area contributed by atoms with Gasteiger partial charge in [0.05, 0.1) is 11.6 Å². The quantitative estimate of drug-likeness (QED) is 0.879. The van der Waals surface area contributed by atoms with E-state index in [0.29, 0.717) is 10.4 Å². The third kappa shape index (κ3) is 3.05. The zero-order valence-electron chi connectivity index (χ0n) is 13.6. The summed E-state index contributed by atoms with van der Waals surface area (Å²) >= 11 is 0. The Kier molecular flexibility index (Phi) is 4.49. The highest BCUT2D eigenvalue weighted by atomic mass is 32.2. The molecule has 1 aliphatic heterocycles. The van der Waals surface area contributed by atoms with E-state index in [1.54, 1.807) is 0 Å². The molecule has 0 spiro atoms. The molecule has 1 heterocycles. The number of fused-ring (bicyclic) bond motifs is 1. The van der Waals surface area contributed by atoms with Gasteiger partial charge in [0, 0.05) is 11.6 Å². The minimum Gasteiger partial charge on any atom is -0.348 e. The summed E-state index contributed by atoms with van der Waals surface area (Å²) in [5.41, 5.74) is 0.0385. The van der Waals surface area contributed by atoms with Crippen molar-refractivity contribution < 1.29 is 26.8 Å². The molecule has 1 atom stereocenters. The molecule has 6 nitrogen and oxygen atoms in total. The second-order valence-corrected chi connectivity index (χ2v) is 7.60. The molecule has 0 bridgehead atoms. The number of amides is 2. The first-order valence-corrected chi connectivity index (χ1v) is 9.06. The Balaban J connectivity index is 1.76. The van der Waals surface area contributed by atoms with Crippen molar-refractivity contribution in [3.8, 4) is 0 Å². The Hall–Kier alpha value is -2.81. The number of halogens is 2. The van der Waals surface area contributed by atoms with Crippen molar-refractivity contribution in [1.29, 1.82) is 0 Å². The van der Waals surface area contributed by atoms with Crippen LogP contribution in [-0.4, -0.2) is 31.1 Å². The molecule has 2 aromatic carbocycles. The van der Waals surface area contributed by atoms with Gasteiger partial charge in [0.1, 0.15) is 23.1 Å². The molecule has 2 amide bonds. The monoisotopic (exact) mass is 380 g/mol. The molecule has 0 radical (unpaired) electrons. The lowest BCUT2D eigenvalue weighted by atomic mass is 10.1. The number of nitrogens with zero attached hydrogens (tertiary/aromatic N) is 1. The fraction of sp³-hybridized carbons (Fsp3) is 0.176. The molecule has 2 aromatic rings. The average Bonchev–Trinajstić information content (AvgIpc) is 2.76. The average molecular weight is 380 g/mol. The summed E-state index contributed by atoms with van der Waals surface area (Å²) < 4.78 is 52.0. The van der Waals surface area contributed by atoms with Gasteiger partial charge in [-0.2, -0.15) is 0 Å². The van der Waals surface area contributed by atoms with Gasteiger partial charge in [-0.25, -0.2) is 21.5 Å². The van der Waals surface area contributed by atoms with E-state index < -0.39 is 46.1 Å². The van der Waals surface area contributed by atoms with E-state index in [2.05, 4.69) is 5.32 Å². The van der Waals surface area contributed by atoms with Gasteiger partial charge < -0.3 is 5.32 Å². The van der Waals surface area contributed by atoms with Gasteiger partial charge in [0.25, 0.3) is 15.9 Å². The number of carbonyl (C=O) groups is 2. The molecular weight excluding hydrogens is 366 g/mol. The molecule has 1 aliphatic rings. The standard InChI is InChI=1S/C17H14F2N2O4S/c1-10(12-7-6-11(18)8-14(12)19)20-16(22)9-21-17(23)13-4-2-3-5-15(13)26(21,24)25/h2-8,10H,9H2,1H3,(H,20,22). The van der Waals surface area contributed by atoms with Crippen LogP contribution in [0.25, 0.3) is 0 Å². The molecular formula is C17H14F2N2O4S. The first-order chi connectivity index (χ1) is 12.2. The smallest absolute Gasteiger partial charge is 0.269 e. The molecule has 0 saturated carbocycles. The fourth-order valence-corrected chi connectivity index (χ4v) is 4.26. The highest BCUT2D eigenvalue weighted by Gasteiger charge is 2.41. The van der Waals surface area contributed by atoms with Gasteiger partial charge in [-0.05, 0) is 25.1 Å². The number of rotatable bonds is 4. The van der Waals surface area contributed by atoms with Crippen molar-refractivity contribution in [3.05, 3.63) is 65.2 Å². The Morgan fingerprint density at radius 1 is 1.19 bits per heavy atom. The minimum atomic E-state index is -4.11. The third-order valence-corrected chi connectivity index (χ3v) is 5.79. The molecule has 0 aromatic heterocycles. The van der Waals surface area contributed by atoms with Crippen LogP contribution in [0.4, 0.5) is 8.78 Å². The maximum atomic E-state index is 13.8. The molecule has 1 N–H and O–H groups in total. The first kappa shape index (κ1) is 18.0. The number of hydrogen-bond donors (Lipinski definition) is 1. The lowest BCUT2D eigenvalue weighted by Gasteiger charge is -2.18. The van der Waals surface area contributed by atoms with E-state index >= 15 is 0 Å². The molecule has 3 rings (SSSR count). The SMILES string of the molecule is CC(NC(=O)CN1C(=O)c2ccccc2S1(=O)=O)c1ccc(F)cc1F. The predicted octanol–water partition coefficient (Wildman–Crippen LogP) is 1.99. The van der Waals surface area contributed by atoms with Gasteiger partial charge in [-0.3, -0.25) is 9.59 Å². The summed E-state index contributed by atoms with van der Waals surface area (Å²) in [4.78, 5) is 24.3. The molecule has 136 valence electrons. The van der Waals surface area contributed by atoms with E-state index in [9.17, 15) is 26.8 Å². The van der Waals surface area contributed by atoms with Crippen LogP contribution in [0.5, 0.6) is 0 Å². The summed E-state index contributed by atoms with van der Waals surface area (Å²) in [6, 6.07) is 7.73. The van der Waals surface area contributed by atoms with Gasteiger partial charge in [0.2, 0.25) is 5.91 Å². The van der Waals surface area contributed by atoms with Crippen molar-refractivity contribution >= 4 is 21.8 Å². The first-order valence-electron chi connectivity index (χ1n) is 7.62. The summed E-state index contributed by atoms with van der Waals surface area (Å²) in [7, 11) is -4.11. The van der Waals surface area contributed by atoms with Crippen LogP contribution in [0, 0.1) is 11.6 Å². The second-order valence-electron chi connectivity index (χ2n) is 5.77. The van der Waals surface area contributed by atoms with E-state index in [1.165, 1.54) is 37.3 Å². The van der Waals surface area contributed by atoms with Crippen molar-refractivity contribution in [2.24, 2.45) is 0 Å². The Labute approximate surface area is 148 Å². The highest BCUT2D eigenvalue weighted by molar-refractivity contribution is 7.90. The lowest BCUT2D eigenvalue weighted by molar-refractivity contribution is -0.121. The topological polar surface area (TPSA) is 83.6 Å². The maximum absolute atomic E-state index is 13.8. The highest BCUT2D eigenvalue weighted by Crippen LogP contribution is 2.29. The van der Waals surface area contributed by atoms with Crippen molar-refractivity contribution in [2.75, 3.05) is 6.54 Å². The Bertz CT molecular complexity index is 1010. The minimum absolute atomic E-state index is 0.00192. The van der Waals surface area contributed by atoms with Crippen LogP contribution >= 0.6 is 0 Å². The molecule has 0 fully saturated rings. The van der Waals surface area contributed by atoms with Gasteiger partial charge in [-0.15, -0.1) is 0 Å². The van der Waals surface area contributed by atoms with Crippen molar-refractivity contribution in [1.82, 2.24) is 9.62 Å². The summed E-state index contributed by atoms with van der Waals surface area (Å²) in [5.74, 6) is -3.17. The number of sulfonamides is 1. The van der Waals surface area contributed by atoms with Crippen LogP contribution in [0.3, 0.4) is 0 Å². The molecule has 0 saturated heterocycles. The third-order valence-electron chi connectivity index (χ3n) is 4.01. The second kappa shape index (κ2) is 6.49.